The summed E-state index contributed by atoms with van der Waals surface area (Å²) in [6.07, 6.45) is 0. The molecule has 0 aliphatic heterocycles. The number of hydrogen-bond acceptors (Lipinski definition) is 3. The van der Waals surface area contributed by atoms with E-state index in [1.807, 2.05) is 12.1 Å². The quantitative estimate of drug-likeness (QED) is 0.713. The smallest absolute Gasteiger partial charge is 0.257 e. The van der Waals surface area contributed by atoms with Crippen LogP contribution in [0, 0.1) is 0 Å². The summed E-state index contributed by atoms with van der Waals surface area (Å²) in [4.78, 5) is 11.5. The largest absolute Gasteiger partial charge is 0.440 e. The van der Waals surface area contributed by atoms with Crippen molar-refractivity contribution < 1.29 is 9.21 Å². The Labute approximate surface area is 80.7 Å². The van der Waals surface area contributed by atoms with Gasteiger partial charge < -0.3 is 15.5 Å². The van der Waals surface area contributed by atoms with Gasteiger partial charge in [0.25, 0.3) is 5.91 Å². The van der Waals surface area contributed by atoms with Gasteiger partial charge in [0, 0.05) is 12.4 Å². The standard InChI is InChI=1S/C10H10N2O2/c1-12-10(13)8-6-4-2-3-5-7(6)14-9(8)11/h2-5H,11H2,1H3,(H,12,13). The Morgan fingerprint density at radius 2 is 2.14 bits per heavy atom. The lowest BCUT2D eigenvalue weighted by Crippen LogP contribution is -2.18. The predicted molar refractivity (Wildman–Crippen MR) is 54.0 cm³/mol. The zero-order valence-electron chi connectivity index (χ0n) is 7.70. The summed E-state index contributed by atoms with van der Waals surface area (Å²) in [5.41, 5.74) is 6.64. The van der Waals surface area contributed by atoms with Gasteiger partial charge in [0.2, 0.25) is 5.88 Å². The monoisotopic (exact) mass is 190 g/mol. The Morgan fingerprint density at radius 3 is 2.86 bits per heavy atom. The molecule has 72 valence electrons. The molecule has 0 aliphatic carbocycles. The maximum absolute atomic E-state index is 11.5. The second-order valence-electron chi connectivity index (χ2n) is 2.92. The van der Waals surface area contributed by atoms with E-state index in [-0.39, 0.29) is 11.8 Å². The summed E-state index contributed by atoms with van der Waals surface area (Å²) in [6, 6.07) is 7.25. The van der Waals surface area contributed by atoms with Crippen LogP contribution in [-0.2, 0) is 0 Å². The molecule has 1 aromatic heterocycles. The maximum atomic E-state index is 11.5. The van der Waals surface area contributed by atoms with Crippen LogP contribution < -0.4 is 11.1 Å². The van der Waals surface area contributed by atoms with E-state index in [0.29, 0.717) is 11.1 Å². The molecule has 3 N–H and O–H groups in total. The Morgan fingerprint density at radius 1 is 1.43 bits per heavy atom. The molecule has 1 heterocycles. The minimum Gasteiger partial charge on any atom is -0.440 e. The maximum Gasteiger partial charge on any atom is 0.257 e. The van der Waals surface area contributed by atoms with E-state index < -0.39 is 0 Å². The van der Waals surface area contributed by atoms with Crippen molar-refractivity contribution in [3.8, 4) is 0 Å². The zero-order chi connectivity index (χ0) is 10.1. The van der Waals surface area contributed by atoms with Gasteiger partial charge in [-0.05, 0) is 6.07 Å². The number of fused-ring (bicyclic) bond motifs is 1. The number of nitrogens with two attached hydrogens (primary N) is 1. The second-order valence-corrected chi connectivity index (χ2v) is 2.92. The van der Waals surface area contributed by atoms with Crippen molar-refractivity contribution >= 4 is 22.8 Å². The Kier molecular flexibility index (Phi) is 1.89. The van der Waals surface area contributed by atoms with E-state index in [1.54, 1.807) is 19.2 Å². The number of nitrogens with one attached hydrogen (secondary N) is 1. The number of rotatable bonds is 1. The number of carbonyl (C=O) groups excluding carboxylic acids is 1. The number of nitrogen functional groups attached to an aromatic ring is 1. The fraction of sp³-hybridized carbons (Fsp3) is 0.100. The van der Waals surface area contributed by atoms with E-state index >= 15 is 0 Å². The number of anilines is 1. The van der Waals surface area contributed by atoms with Crippen molar-refractivity contribution in [3.63, 3.8) is 0 Å². The van der Waals surface area contributed by atoms with Gasteiger partial charge in [0.05, 0.1) is 0 Å². The third-order valence-electron chi connectivity index (χ3n) is 2.08. The van der Waals surface area contributed by atoms with Gasteiger partial charge in [-0.3, -0.25) is 4.79 Å². The summed E-state index contributed by atoms with van der Waals surface area (Å²) >= 11 is 0. The highest BCUT2D eigenvalue weighted by atomic mass is 16.3. The highest BCUT2D eigenvalue weighted by Gasteiger charge is 2.16. The van der Waals surface area contributed by atoms with Crippen molar-refractivity contribution in [2.75, 3.05) is 12.8 Å². The molecular weight excluding hydrogens is 180 g/mol. The molecule has 1 aromatic carbocycles. The lowest BCUT2D eigenvalue weighted by molar-refractivity contribution is 0.0965. The molecule has 0 saturated heterocycles. The summed E-state index contributed by atoms with van der Waals surface area (Å²) < 4.78 is 5.24. The van der Waals surface area contributed by atoms with Crippen molar-refractivity contribution in [3.05, 3.63) is 29.8 Å². The summed E-state index contributed by atoms with van der Waals surface area (Å²) in [7, 11) is 1.56. The molecule has 2 rings (SSSR count). The lowest BCUT2D eigenvalue weighted by atomic mass is 10.1. The van der Waals surface area contributed by atoms with Crippen molar-refractivity contribution in [1.29, 1.82) is 0 Å². The first kappa shape index (κ1) is 8.62. The van der Waals surface area contributed by atoms with Gasteiger partial charge in [-0.15, -0.1) is 0 Å². The Hall–Kier alpha value is -1.97. The summed E-state index contributed by atoms with van der Waals surface area (Å²) in [5, 5.41) is 3.26. The normalized spacial score (nSPS) is 10.4. The lowest BCUT2D eigenvalue weighted by Gasteiger charge is -1.96. The van der Waals surface area contributed by atoms with Gasteiger partial charge >= 0.3 is 0 Å². The average Bonchev–Trinajstić information content (AvgIpc) is 2.53. The number of benzene rings is 1. The number of furan rings is 1. The number of amides is 1. The summed E-state index contributed by atoms with van der Waals surface area (Å²) in [5.74, 6) is -0.0713. The first-order valence-corrected chi connectivity index (χ1v) is 4.23. The van der Waals surface area contributed by atoms with Crippen molar-refractivity contribution in [2.45, 2.75) is 0 Å². The first-order valence-electron chi connectivity index (χ1n) is 4.23. The van der Waals surface area contributed by atoms with E-state index in [0.717, 1.165) is 5.39 Å². The second kappa shape index (κ2) is 3.06. The predicted octanol–water partition coefficient (Wildman–Crippen LogP) is 1.37. The molecule has 0 atom stereocenters. The molecule has 0 fully saturated rings. The fourth-order valence-electron chi connectivity index (χ4n) is 1.42. The van der Waals surface area contributed by atoms with Crippen LogP contribution in [0.1, 0.15) is 10.4 Å². The van der Waals surface area contributed by atoms with Crippen molar-refractivity contribution in [1.82, 2.24) is 5.32 Å². The molecule has 0 unspecified atom stereocenters. The highest BCUT2D eigenvalue weighted by molar-refractivity contribution is 6.09. The minimum absolute atomic E-state index is 0.158. The third-order valence-corrected chi connectivity index (χ3v) is 2.08. The molecule has 14 heavy (non-hydrogen) atoms. The molecular formula is C10H10N2O2. The zero-order valence-corrected chi connectivity index (χ0v) is 7.70. The van der Waals surface area contributed by atoms with E-state index in [2.05, 4.69) is 5.32 Å². The number of carbonyl (C=O) groups is 1. The van der Waals surface area contributed by atoms with E-state index in [1.165, 1.54) is 0 Å². The average molecular weight is 190 g/mol. The Bertz CT molecular complexity index is 488. The van der Waals surface area contributed by atoms with E-state index in [4.69, 9.17) is 10.2 Å². The minimum atomic E-state index is -0.229. The molecule has 4 heteroatoms. The SMILES string of the molecule is CNC(=O)c1c(N)oc2ccccc12. The van der Waals surface area contributed by atoms with Crippen molar-refractivity contribution in [2.24, 2.45) is 0 Å². The third kappa shape index (κ3) is 1.12. The van der Waals surface area contributed by atoms with Gasteiger partial charge in [-0.1, -0.05) is 18.2 Å². The highest BCUT2D eigenvalue weighted by Crippen LogP contribution is 2.27. The van der Waals surface area contributed by atoms with Crippen LogP contribution in [0.4, 0.5) is 5.88 Å². The van der Waals surface area contributed by atoms with E-state index in [9.17, 15) is 4.79 Å². The molecule has 0 saturated carbocycles. The molecule has 0 bridgehead atoms. The molecule has 0 radical (unpaired) electrons. The van der Waals surface area contributed by atoms with Crippen LogP contribution in [0.5, 0.6) is 0 Å². The van der Waals surface area contributed by atoms with Crippen LogP contribution >= 0.6 is 0 Å². The van der Waals surface area contributed by atoms with Crippen LogP contribution in [0.15, 0.2) is 28.7 Å². The molecule has 4 nitrogen and oxygen atoms in total. The molecule has 1 amide bonds. The Balaban J connectivity index is 2.74. The molecule has 0 aliphatic rings. The van der Waals surface area contributed by atoms with Crippen LogP contribution in [0.3, 0.4) is 0 Å². The summed E-state index contributed by atoms with van der Waals surface area (Å²) in [6.45, 7) is 0. The molecule has 2 aromatic rings. The topological polar surface area (TPSA) is 68.3 Å². The van der Waals surface area contributed by atoms with Gasteiger partial charge in [-0.2, -0.15) is 0 Å². The molecule has 0 spiro atoms. The van der Waals surface area contributed by atoms with Gasteiger partial charge in [-0.25, -0.2) is 0 Å². The van der Waals surface area contributed by atoms with Crippen LogP contribution in [0.25, 0.3) is 11.0 Å². The van der Waals surface area contributed by atoms with Gasteiger partial charge in [0.1, 0.15) is 11.1 Å². The van der Waals surface area contributed by atoms with Crippen LogP contribution in [-0.4, -0.2) is 13.0 Å². The number of para-hydroxylation sites is 1. The van der Waals surface area contributed by atoms with Crippen LogP contribution in [0.2, 0.25) is 0 Å². The number of hydrogen-bond donors (Lipinski definition) is 2. The fourth-order valence-corrected chi connectivity index (χ4v) is 1.42. The first-order chi connectivity index (χ1) is 6.74. The van der Waals surface area contributed by atoms with Gasteiger partial charge in [0.15, 0.2) is 0 Å².